The number of nitrogens with two attached hydrogens (primary N) is 1. The Morgan fingerprint density at radius 3 is 2.55 bits per heavy atom. The average Bonchev–Trinajstić information content (AvgIpc) is 2.76. The van der Waals surface area contributed by atoms with E-state index < -0.39 is 21.8 Å². The first kappa shape index (κ1) is 24.6. The van der Waals surface area contributed by atoms with Gasteiger partial charge in [-0.3, -0.25) is 0 Å². The van der Waals surface area contributed by atoms with Crippen LogP contribution in [0.1, 0.15) is 5.56 Å². The summed E-state index contributed by atoms with van der Waals surface area (Å²) in [4.78, 5) is 8.91. The summed E-state index contributed by atoms with van der Waals surface area (Å²) in [7, 11) is -2.48. The smallest absolute Gasteiger partial charge is 0.416 e. The Morgan fingerprint density at radius 2 is 1.85 bits per heavy atom. The van der Waals surface area contributed by atoms with Crippen LogP contribution in [0.5, 0.6) is 5.75 Å². The van der Waals surface area contributed by atoms with Crippen molar-refractivity contribution in [1.82, 2.24) is 9.97 Å². The Hall–Kier alpha value is -3.03. The Labute approximate surface area is 192 Å². The molecule has 0 aliphatic heterocycles. The molecule has 13 heteroatoms. The molecule has 0 unspecified atom stereocenters. The number of nitrogens with zero attached hydrogens (tertiary/aromatic N) is 2. The van der Waals surface area contributed by atoms with E-state index in [-0.39, 0.29) is 16.3 Å². The van der Waals surface area contributed by atoms with Crippen molar-refractivity contribution in [3.05, 3.63) is 60.4 Å². The number of ether oxygens (including phenoxy) is 1. The summed E-state index contributed by atoms with van der Waals surface area (Å²) in [6, 6.07) is 11.2. The normalized spacial score (nSPS) is 11.8. The highest BCUT2D eigenvalue weighted by Gasteiger charge is 2.31. The summed E-state index contributed by atoms with van der Waals surface area (Å²) in [5, 5.41) is 11.0. The summed E-state index contributed by atoms with van der Waals surface area (Å²) in [6.07, 6.45) is -3.24. The molecule has 4 N–H and O–H groups in total. The van der Waals surface area contributed by atoms with Gasteiger partial charge in [0.15, 0.2) is 0 Å². The van der Waals surface area contributed by atoms with Gasteiger partial charge < -0.3 is 15.4 Å². The van der Waals surface area contributed by atoms with Gasteiger partial charge in [0, 0.05) is 35.0 Å². The highest BCUT2D eigenvalue weighted by Crippen LogP contribution is 2.34. The minimum atomic E-state index is -4.52. The first-order valence-corrected chi connectivity index (χ1v) is 11.9. The number of primary sulfonamides is 1. The molecule has 0 saturated carbocycles. The number of nitrogens with one attached hydrogen (secondary N) is 2. The Balaban J connectivity index is 1.61. The molecule has 0 aliphatic rings. The monoisotopic (exact) mass is 499 g/mol. The minimum Gasteiger partial charge on any atom is -0.497 e. The summed E-state index contributed by atoms with van der Waals surface area (Å²) < 4.78 is 67.2. The number of sulfonamides is 1. The van der Waals surface area contributed by atoms with Crippen LogP contribution in [0.2, 0.25) is 0 Å². The summed E-state index contributed by atoms with van der Waals surface area (Å²) in [5.41, 5.74) is -0.683. The SMILES string of the molecule is COc1cc(Nc2cc(NCCSc3cccc(S(N)(=O)=O)c3)ncn2)cc(C(F)(F)F)c1. The van der Waals surface area contributed by atoms with Crippen molar-refractivity contribution in [1.29, 1.82) is 0 Å². The molecular weight excluding hydrogens is 479 g/mol. The highest BCUT2D eigenvalue weighted by molar-refractivity contribution is 7.99. The molecule has 176 valence electrons. The van der Waals surface area contributed by atoms with E-state index in [0.29, 0.717) is 23.9 Å². The van der Waals surface area contributed by atoms with Crippen molar-refractivity contribution in [2.24, 2.45) is 5.14 Å². The quantitative estimate of drug-likeness (QED) is 0.297. The van der Waals surface area contributed by atoms with E-state index >= 15 is 0 Å². The molecule has 0 aliphatic carbocycles. The second kappa shape index (κ2) is 10.3. The van der Waals surface area contributed by atoms with Crippen LogP contribution in [0.15, 0.2) is 64.6 Å². The highest BCUT2D eigenvalue weighted by atomic mass is 32.2. The molecule has 0 atom stereocenters. The fraction of sp³-hybridized carbons (Fsp3) is 0.200. The Morgan fingerprint density at radius 1 is 1.09 bits per heavy atom. The third-order valence-electron chi connectivity index (χ3n) is 4.22. The Bertz CT molecular complexity index is 1220. The molecule has 1 heterocycles. The maximum atomic E-state index is 13.1. The van der Waals surface area contributed by atoms with Gasteiger partial charge in [0.25, 0.3) is 0 Å². The van der Waals surface area contributed by atoms with Crippen LogP contribution in [0, 0.1) is 0 Å². The molecule has 0 radical (unpaired) electrons. The number of thioether (sulfide) groups is 1. The zero-order chi connectivity index (χ0) is 24.1. The fourth-order valence-electron chi connectivity index (χ4n) is 2.71. The van der Waals surface area contributed by atoms with Crippen LogP contribution >= 0.6 is 11.8 Å². The van der Waals surface area contributed by atoms with Crippen molar-refractivity contribution >= 4 is 39.1 Å². The second-order valence-corrected chi connectivity index (χ2v) is 9.39. The number of hydrogen-bond donors (Lipinski definition) is 3. The molecule has 0 amide bonds. The average molecular weight is 500 g/mol. The third kappa shape index (κ3) is 7.23. The molecule has 0 fully saturated rings. The van der Waals surface area contributed by atoms with Crippen molar-refractivity contribution in [2.45, 2.75) is 16.0 Å². The number of methoxy groups -OCH3 is 1. The van der Waals surface area contributed by atoms with Gasteiger partial charge in [0.05, 0.1) is 17.6 Å². The number of rotatable bonds is 9. The van der Waals surface area contributed by atoms with Gasteiger partial charge in [-0.15, -0.1) is 11.8 Å². The lowest BCUT2D eigenvalue weighted by atomic mass is 10.2. The lowest BCUT2D eigenvalue weighted by Gasteiger charge is -2.13. The van der Waals surface area contributed by atoms with Crippen LogP contribution in [0.4, 0.5) is 30.5 Å². The molecular formula is C20H20F3N5O3S2. The summed E-state index contributed by atoms with van der Waals surface area (Å²) in [6.45, 7) is 0.484. The van der Waals surface area contributed by atoms with Crippen molar-refractivity contribution < 1.29 is 26.3 Å². The van der Waals surface area contributed by atoms with Crippen molar-refractivity contribution in [3.8, 4) is 5.75 Å². The molecule has 0 saturated heterocycles. The lowest BCUT2D eigenvalue weighted by molar-refractivity contribution is -0.137. The topological polar surface area (TPSA) is 119 Å². The molecule has 3 aromatic rings. The predicted molar refractivity (Wildman–Crippen MR) is 120 cm³/mol. The number of anilines is 3. The van der Waals surface area contributed by atoms with Crippen LogP contribution in [0.3, 0.4) is 0 Å². The largest absolute Gasteiger partial charge is 0.497 e. The van der Waals surface area contributed by atoms with Crippen LogP contribution in [-0.4, -0.2) is 37.8 Å². The van der Waals surface area contributed by atoms with E-state index in [2.05, 4.69) is 20.6 Å². The van der Waals surface area contributed by atoms with E-state index in [4.69, 9.17) is 9.88 Å². The Kier molecular flexibility index (Phi) is 7.66. The molecule has 1 aromatic heterocycles. The maximum absolute atomic E-state index is 13.1. The molecule has 33 heavy (non-hydrogen) atoms. The van der Waals surface area contributed by atoms with E-state index in [9.17, 15) is 21.6 Å². The molecule has 2 aromatic carbocycles. The van der Waals surface area contributed by atoms with Crippen LogP contribution in [0.25, 0.3) is 0 Å². The van der Waals surface area contributed by atoms with Gasteiger partial charge in [0.2, 0.25) is 10.0 Å². The lowest BCUT2D eigenvalue weighted by Crippen LogP contribution is -2.12. The van der Waals surface area contributed by atoms with Gasteiger partial charge in [-0.05, 0) is 30.3 Å². The molecule has 0 bridgehead atoms. The molecule has 3 rings (SSSR count). The summed E-state index contributed by atoms with van der Waals surface area (Å²) in [5.74, 6) is 1.40. The van der Waals surface area contributed by atoms with Crippen LogP contribution < -0.4 is 20.5 Å². The summed E-state index contributed by atoms with van der Waals surface area (Å²) >= 11 is 1.42. The van der Waals surface area contributed by atoms with Gasteiger partial charge in [-0.25, -0.2) is 23.5 Å². The number of alkyl halides is 3. The van der Waals surface area contributed by atoms with E-state index in [1.165, 1.54) is 43.4 Å². The zero-order valence-corrected chi connectivity index (χ0v) is 18.9. The van der Waals surface area contributed by atoms with Crippen molar-refractivity contribution in [2.75, 3.05) is 30.0 Å². The first-order chi connectivity index (χ1) is 15.5. The number of hydrogen-bond acceptors (Lipinski definition) is 8. The number of halogens is 3. The standard InChI is InChI=1S/C20H20F3N5O3S2/c1-31-15-8-13(20(21,22)23)7-14(9-15)28-19-11-18(26-12-27-19)25-5-6-32-16-3-2-4-17(10-16)33(24,29)30/h2-4,7-12H,5-6H2,1H3,(H2,24,29,30)(H2,25,26,27,28). The third-order valence-corrected chi connectivity index (χ3v) is 6.13. The van der Waals surface area contributed by atoms with Crippen molar-refractivity contribution in [3.63, 3.8) is 0 Å². The van der Waals surface area contributed by atoms with Crippen LogP contribution in [-0.2, 0) is 16.2 Å². The fourth-order valence-corrected chi connectivity index (χ4v) is 4.17. The molecule has 0 spiro atoms. The van der Waals surface area contributed by atoms with Gasteiger partial charge in [-0.2, -0.15) is 13.2 Å². The van der Waals surface area contributed by atoms with Gasteiger partial charge >= 0.3 is 6.18 Å². The van der Waals surface area contributed by atoms with Gasteiger partial charge in [0.1, 0.15) is 23.7 Å². The molecule has 8 nitrogen and oxygen atoms in total. The number of benzene rings is 2. The van der Waals surface area contributed by atoms with E-state index in [0.717, 1.165) is 17.0 Å². The zero-order valence-electron chi connectivity index (χ0n) is 17.3. The first-order valence-electron chi connectivity index (χ1n) is 9.39. The predicted octanol–water partition coefficient (Wildman–Crippen LogP) is 4.10. The van der Waals surface area contributed by atoms with Gasteiger partial charge in [-0.1, -0.05) is 6.07 Å². The van der Waals surface area contributed by atoms with E-state index in [1.54, 1.807) is 18.2 Å². The minimum absolute atomic E-state index is 0.0400. The maximum Gasteiger partial charge on any atom is 0.416 e. The van der Waals surface area contributed by atoms with E-state index in [1.807, 2.05) is 0 Å². The number of aromatic nitrogens is 2. The second-order valence-electron chi connectivity index (χ2n) is 6.66.